The molecule has 0 atom stereocenters. The van der Waals surface area contributed by atoms with Gasteiger partial charge in [-0.05, 0) is 30.3 Å². The predicted molar refractivity (Wildman–Crippen MR) is 83.9 cm³/mol. The van der Waals surface area contributed by atoms with Gasteiger partial charge in [-0.2, -0.15) is 5.26 Å². The number of nitrogens with one attached hydrogen (secondary N) is 2. The van der Waals surface area contributed by atoms with Crippen LogP contribution in [-0.2, 0) is 0 Å². The Balaban J connectivity index is 1.65. The molecule has 0 saturated heterocycles. The highest BCUT2D eigenvalue weighted by molar-refractivity contribution is 8.01. The number of anilines is 1. The largest absolute Gasteiger partial charge is 0.352 e. The van der Waals surface area contributed by atoms with Crippen LogP contribution >= 0.6 is 23.1 Å². The number of benzene rings is 1. The number of rotatable bonds is 4. The summed E-state index contributed by atoms with van der Waals surface area (Å²) >= 11 is 2.99. The van der Waals surface area contributed by atoms with Gasteiger partial charge in [-0.15, -0.1) is 10.2 Å². The first-order chi connectivity index (χ1) is 10.7. The van der Waals surface area contributed by atoms with Crippen LogP contribution in [0, 0.1) is 11.3 Å². The Labute approximate surface area is 134 Å². The minimum absolute atomic E-state index is 0.262. The van der Waals surface area contributed by atoms with E-state index in [4.69, 9.17) is 5.26 Å². The molecular formula is C14H9N5OS2. The lowest BCUT2D eigenvalue weighted by molar-refractivity contribution is 0.102. The van der Waals surface area contributed by atoms with Crippen molar-refractivity contribution >= 4 is 34.7 Å². The smallest absolute Gasteiger partial charge is 0.257 e. The van der Waals surface area contributed by atoms with E-state index in [9.17, 15) is 4.79 Å². The van der Waals surface area contributed by atoms with Crippen LogP contribution in [0.4, 0.5) is 5.69 Å². The third kappa shape index (κ3) is 3.33. The minimum Gasteiger partial charge on any atom is -0.352 e. The van der Waals surface area contributed by atoms with Gasteiger partial charge in [-0.25, -0.2) is 0 Å². The molecule has 0 spiro atoms. The normalized spacial score (nSPS) is 10.1. The first-order valence-corrected chi connectivity index (χ1v) is 7.88. The monoisotopic (exact) mass is 327 g/mol. The van der Waals surface area contributed by atoms with E-state index in [1.807, 2.05) is 30.3 Å². The molecule has 0 radical (unpaired) electrons. The summed E-state index contributed by atoms with van der Waals surface area (Å²) in [6.45, 7) is 0. The number of carbonyl (C=O) groups is 1. The van der Waals surface area contributed by atoms with Crippen LogP contribution in [0.1, 0.15) is 16.1 Å². The van der Waals surface area contributed by atoms with Gasteiger partial charge in [0, 0.05) is 16.8 Å². The maximum atomic E-state index is 12.0. The van der Waals surface area contributed by atoms with Crippen molar-refractivity contribution in [2.75, 3.05) is 5.32 Å². The zero-order chi connectivity index (χ0) is 15.4. The Hall–Kier alpha value is -2.63. The first-order valence-electron chi connectivity index (χ1n) is 6.18. The fourth-order valence-electron chi connectivity index (χ4n) is 1.71. The molecule has 22 heavy (non-hydrogen) atoms. The topological polar surface area (TPSA) is 94.5 Å². The molecule has 0 aliphatic heterocycles. The molecule has 2 heterocycles. The Morgan fingerprint density at radius 3 is 2.82 bits per heavy atom. The van der Waals surface area contributed by atoms with Crippen LogP contribution in [0.5, 0.6) is 0 Å². The van der Waals surface area contributed by atoms with Gasteiger partial charge in [0.05, 0.1) is 5.56 Å². The number of aromatic amines is 1. The van der Waals surface area contributed by atoms with Crippen molar-refractivity contribution in [2.24, 2.45) is 0 Å². The molecule has 108 valence electrons. The van der Waals surface area contributed by atoms with Crippen molar-refractivity contribution in [3.8, 4) is 6.07 Å². The quantitative estimate of drug-likeness (QED) is 0.767. The Bertz CT molecular complexity index is 818. The second-order valence-corrected chi connectivity index (χ2v) is 6.35. The summed E-state index contributed by atoms with van der Waals surface area (Å²) in [6, 6.07) is 10.9. The molecule has 3 aromatic rings. The van der Waals surface area contributed by atoms with E-state index in [1.54, 1.807) is 5.51 Å². The van der Waals surface area contributed by atoms with Gasteiger partial charge in [0.2, 0.25) is 0 Å². The van der Waals surface area contributed by atoms with E-state index in [0.717, 1.165) is 9.24 Å². The maximum absolute atomic E-state index is 12.0. The molecule has 8 heteroatoms. The highest BCUT2D eigenvalue weighted by atomic mass is 32.2. The SMILES string of the molecule is N#Cc1cc(C(=O)Nc2ccc(Sc3nncs3)cc2)c[nH]1. The fourth-order valence-corrected chi connectivity index (χ4v) is 3.16. The standard InChI is InChI=1S/C14H9N5OS2/c15-6-11-5-9(7-16-11)13(20)18-10-1-3-12(4-2-10)22-14-19-17-8-21-14/h1-5,7-8,16H,(H,18,20). The molecular weight excluding hydrogens is 318 g/mol. The molecule has 0 aliphatic rings. The maximum Gasteiger partial charge on any atom is 0.257 e. The lowest BCUT2D eigenvalue weighted by Crippen LogP contribution is -2.10. The van der Waals surface area contributed by atoms with Crippen LogP contribution in [-0.4, -0.2) is 21.1 Å². The number of hydrogen-bond acceptors (Lipinski definition) is 6. The van der Waals surface area contributed by atoms with Crippen molar-refractivity contribution < 1.29 is 4.79 Å². The molecule has 2 N–H and O–H groups in total. The molecule has 1 aromatic carbocycles. The summed E-state index contributed by atoms with van der Waals surface area (Å²) in [5.41, 5.74) is 3.15. The number of nitrogens with zero attached hydrogens (tertiary/aromatic N) is 3. The van der Waals surface area contributed by atoms with E-state index in [-0.39, 0.29) is 5.91 Å². The van der Waals surface area contributed by atoms with Crippen molar-refractivity contribution in [3.63, 3.8) is 0 Å². The predicted octanol–water partition coefficient (Wildman–Crippen LogP) is 3.14. The van der Waals surface area contributed by atoms with Crippen LogP contribution in [0.2, 0.25) is 0 Å². The lowest BCUT2D eigenvalue weighted by Gasteiger charge is -2.04. The highest BCUT2D eigenvalue weighted by Crippen LogP contribution is 2.29. The van der Waals surface area contributed by atoms with E-state index in [1.165, 1.54) is 35.4 Å². The second kappa shape index (κ2) is 6.43. The van der Waals surface area contributed by atoms with Crippen molar-refractivity contribution in [2.45, 2.75) is 9.24 Å². The number of carbonyl (C=O) groups excluding carboxylic acids is 1. The summed E-state index contributed by atoms with van der Waals surface area (Å²) in [5.74, 6) is -0.262. The fraction of sp³-hybridized carbons (Fsp3) is 0. The number of aromatic nitrogens is 3. The molecule has 0 fully saturated rings. The Morgan fingerprint density at radius 1 is 1.36 bits per heavy atom. The molecule has 0 saturated carbocycles. The van der Waals surface area contributed by atoms with Gasteiger partial charge in [-0.1, -0.05) is 23.1 Å². The molecule has 0 unspecified atom stereocenters. The summed E-state index contributed by atoms with van der Waals surface area (Å²) in [6.07, 6.45) is 1.51. The molecule has 3 rings (SSSR count). The Morgan fingerprint density at radius 2 is 2.18 bits per heavy atom. The average molecular weight is 327 g/mol. The summed E-state index contributed by atoms with van der Waals surface area (Å²) in [4.78, 5) is 15.8. The zero-order valence-corrected chi connectivity index (χ0v) is 12.7. The van der Waals surface area contributed by atoms with Crippen LogP contribution < -0.4 is 5.32 Å². The molecule has 0 aliphatic carbocycles. The van der Waals surface area contributed by atoms with E-state index in [0.29, 0.717) is 16.9 Å². The second-order valence-electron chi connectivity index (χ2n) is 4.20. The van der Waals surface area contributed by atoms with E-state index >= 15 is 0 Å². The van der Waals surface area contributed by atoms with Gasteiger partial charge >= 0.3 is 0 Å². The first kappa shape index (κ1) is 14.3. The molecule has 0 bridgehead atoms. The van der Waals surface area contributed by atoms with Gasteiger partial charge < -0.3 is 10.3 Å². The molecule has 1 amide bonds. The zero-order valence-electron chi connectivity index (χ0n) is 11.1. The third-order valence-electron chi connectivity index (χ3n) is 2.72. The van der Waals surface area contributed by atoms with Crippen LogP contribution in [0.25, 0.3) is 0 Å². The van der Waals surface area contributed by atoms with Gasteiger partial charge in [-0.3, -0.25) is 4.79 Å². The van der Waals surface area contributed by atoms with Gasteiger partial charge in [0.15, 0.2) is 4.34 Å². The molecule has 2 aromatic heterocycles. The third-order valence-corrected chi connectivity index (χ3v) is 4.51. The summed E-state index contributed by atoms with van der Waals surface area (Å²) in [7, 11) is 0. The number of nitriles is 1. The number of hydrogen-bond donors (Lipinski definition) is 2. The molecule has 6 nitrogen and oxygen atoms in total. The van der Waals surface area contributed by atoms with E-state index in [2.05, 4.69) is 20.5 Å². The number of H-pyrrole nitrogens is 1. The van der Waals surface area contributed by atoms with Crippen molar-refractivity contribution in [1.82, 2.24) is 15.2 Å². The number of amides is 1. The summed E-state index contributed by atoms with van der Waals surface area (Å²) in [5, 5.41) is 19.3. The van der Waals surface area contributed by atoms with Gasteiger partial charge in [0.25, 0.3) is 5.91 Å². The van der Waals surface area contributed by atoms with Crippen molar-refractivity contribution in [3.05, 3.63) is 53.3 Å². The Kier molecular flexibility index (Phi) is 4.18. The lowest BCUT2D eigenvalue weighted by atomic mass is 10.2. The van der Waals surface area contributed by atoms with Crippen LogP contribution in [0.3, 0.4) is 0 Å². The highest BCUT2D eigenvalue weighted by Gasteiger charge is 2.09. The minimum atomic E-state index is -0.262. The summed E-state index contributed by atoms with van der Waals surface area (Å²) < 4.78 is 0.869. The average Bonchev–Trinajstić information content (AvgIpc) is 3.20. The van der Waals surface area contributed by atoms with Crippen molar-refractivity contribution in [1.29, 1.82) is 5.26 Å². The van der Waals surface area contributed by atoms with Gasteiger partial charge in [0.1, 0.15) is 17.3 Å². The van der Waals surface area contributed by atoms with E-state index < -0.39 is 0 Å². The van der Waals surface area contributed by atoms with Crippen LogP contribution in [0.15, 0.2) is 51.3 Å².